The number of carbonyl (C=O) groups is 2. The van der Waals surface area contributed by atoms with E-state index in [1.807, 2.05) is 30.3 Å². The minimum absolute atomic E-state index is 0.0901. The third-order valence-corrected chi connectivity index (χ3v) is 3.60. The number of aromatic nitrogens is 4. The van der Waals surface area contributed by atoms with Gasteiger partial charge >= 0.3 is 5.97 Å². The molecule has 0 saturated carbocycles. The van der Waals surface area contributed by atoms with Gasteiger partial charge in [-0.15, -0.1) is 5.10 Å². The number of hydrogen-bond acceptors (Lipinski definition) is 7. The monoisotopic (exact) mass is 395 g/mol. The second-order valence-corrected chi connectivity index (χ2v) is 7.09. The standard InChI is InChI=1S/C20H21N5O4/c1-20(2,3)29-17(26)13-21-19(27)16(12-15-10-7-11-28-15)25-18(22-23-24-25)14-8-5-4-6-9-14/h4-12H,13H2,1-3H3,(H,21,27). The van der Waals surface area contributed by atoms with Crippen molar-refractivity contribution in [3.05, 3.63) is 54.5 Å². The SMILES string of the molecule is CC(C)(C)OC(=O)CNC(=O)C(=Cc1ccco1)n1nnnc1-c1ccccc1. The van der Waals surface area contributed by atoms with Crippen LogP contribution in [-0.4, -0.2) is 44.2 Å². The number of carbonyl (C=O) groups excluding carboxylic acids is 2. The van der Waals surface area contributed by atoms with E-state index in [0.29, 0.717) is 11.6 Å². The predicted octanol–water partition coefficient (Wildman–Crippen LogP) is 2.39. The van der Waals surface area contributed by atoms with Crippen LogP contribution in [0.1, 0.15) is 26.5 Å². The third-order valence-electron chi connectivity index (χ3n) is 3.60. The summed E-state index contributed by atoms with van der Waals surface area (Å²) in [5.74, 6) is -0.308. The summed E-state index contributed by atoms with van der Waals surface area (Å²) in [6, 6.07) is 12.6. The molecule has 0 aliphatic carbocycles. The summed E-state index contributed by atoms with van der Waals surface area (Å²) in [6.07, 6.45) is 2.98. The van der Waals surface area contributed by atoms with Crippen molar-refractivity contribution in [2.45, 2.75) is 26.4 Å². The zero-order chi connectivity index (χ0) is 20.9. The predicted molar refractivity (Wildman–Crippen MR) is 105 cm³/mol. The topological polar surface area (TPSA) is 112 Å². The summed E-state index contributed by atoms with van der Waals surface area (Å²) in [5, 5.41) is 14.2. The van der Waals surface area contributed by atoms with E-state index >= 15 is 0 Å². The molecule has 0 radical (unpaired) electrons. The minimum Gasteiger partial charge on any atom is -0.465 e. The van der Waals surface area contributed by atoms with E-state index in [9.17, 15) is 9.59 Å². The van der Waals surface area contributed by atoms with Gasteiger partial charge in [-0.2, -0.15) is 4.68 Å². The number of ether oxygens (including phenoxy) is 1. The van der Waals surface area contributed by atoms with Gasteiger partial charge in [0.25, 0.3) is 5.91 Å². The highest BCUT2D eigenvalue weighted by molar-refractivity contribution is 6.19. The fourth-order valence-corrected chi connectivity index (χ4v) is 2.47. The summed E-state index contributed by atoms with van der Waals surface area (Å²) in [4.78, 5) is 24.8. The molecule has 0 fully saturated rings. The van der Waals surface area contributed by atoms with Crippen LogP contribution in [0.15, 0.2) is 53.1 Å². The number of nitrogens with zero attached hydrogens (tertiary/aromatic N) is 4. The maximum Gasteiger partial charge on any atom is 0.325 e. The number of hydrogen-bond donors (Lipinski definition) is 1. The average molecular weight is 395 g/mol. The number of tetrazole rings is 1. The van der Waals surface area contributed by atoms with Crippen LogP contribution in [0.25, 0.3) is 23.2 Å². The van der Waals surface area contributed by atoms with E-state index in [2.05, 4.69) is 20.8 Å². The summed E-state index contributed by atoms with van der Waals surface area (Å²) in [5.41, 5.74) is 0.167. The number of benzene rings is 1. The molecule has 2 aromatic heterocycles. The van der Waals surface area contributed by atoms with E-state index in [-0.39, 0.29) is 12.2 Å². The lowest BCUT2D eigenvalue weighted by Crippen LogP contribution is -2.36. The van der Waals surface area contributed by atoms with Gasteiger partial charge in [-0.05, 0) is 43.3 Å². The molecule has 0 bridgehead atoms. The molecule has 2 heterocycles. The number of esters is 1. The molecule has 0 saturated heterocycles. The zero-order valence-electron chi connectivity index (χ0n) is 16.3. The molecule has 3 rings (SSSR count). The van der Waals surface area contributed by atoms with Gasteiger partial charge in [0.05, 0.1) is 6.26 Å². The van der Waals surface area contributed by atoms with Gasteiger partial charge in [0.15, 0.2) is 5.82 Å². The van der Waals surface area contributed by atoms with Crippen molar-refractivity contribution in [1.29, 1.82) is 0 Å². The molecule has 9 nitrogen and oxygen atoms in total. The first-order chi connectivity index (χ1) is 13.8. The van der Waals surface area contributed by atoms with Crippen molar-refractivity contribution in [2.75, 3.05) is 6.54 Å². The first-order valence-electron chi connectivity index (χ1n) is 8.93. The van der Waals surface area contributed by atoms with Crippen LogP contribution in [0.2, 0.25) is 0 Å². The molecule has 150 valence electrons. The third kappa shape index (κ3) is 5.38. The molecule has 0 atom stereocenters. The van der Waals surface area contributed by atoms with Gasteiger partial charge in [-0.1, -0.05) is 30.3 Å². The Morgan fingerprint density at radius 2 is 1.93 bits per heavy atom. The van der Waals surface area contributed by atoms with Crippen molar-refractivity contribution in [1.82, 2.24) is 25.5 Å². The molecule has 1 aromatic carbocycles. The van der Waals surface area contributed by atoms with Crippen LogP contribution in [0.5, 0.6) is 0 Å². The lowest BCUT2D eigenvalue weighted by Gasteiger charge is -2.19. The van der Waals surface area contributed by atoms with Crippen molar-refractivity contribution in [3.8, 4) is 11.4 Å². The summed E-state index contributed by atoms with van der Waals surface area (Å²) >= 11 is 0. The number of amides is 1. The van der Waals surface area contributed by atoms with Gasteiger partial charge in [0.2, 0.25) is 0 Å². The smallest absolute Gasteiger partial charge is 0.325 e. The maximum atomic E-state index is 12.9. The van der Waals surface area contributed by atoms with Gasteiger partial charge < -0.3 is 14.5 Å². The molecule has 1 amide bonds. The maximum absolute atomic E-state index is 12.9. The Bertz CT molecular complexity index is 1000. The Morgan fingerprint density at radius 1 is 1.17 bits per heavy atom. The number of rotatable bonds is 6. The first kappa shape index (κ1) is 20.0. The molecule has 0 spiro atoms. The fraction of sp³-hybridized carbons (Fsp3) is 0.250. The zero-order valence-corrected chi connectivity index (χ0v) is 16.3. The van der Waals surface area contributed by atoms with E-state index in [0.717, 1.165) is 5.56 Å². The molecule has 0 aliphatic rings. The summed E-state index contributed by atoms with van der Waals surface area (Å²) in [6.45, 7) is 4.96. The van der Waals surface area contributed by atoms with Gasteiger partial charge in [0, 0.05) is 11.6 Å². The van der Waals surface area contributed by atoms with Crippen molar-refractivity contribution < 1.29 is 18.7 Å². The molecule has 1 N–H and O–H groups in total. The quantitative estimate of drug-likeness (QED) is 0.504. The van der Waals surface area contributed by atoms with Gasteiger partial charge in [0.1, 0.15) is 23.6 Å². The number of nitrogens with one attached hydrogen (secondary N) is 1. The van der Waals surface area contributed by atoms with E-state index in [4.69, 9.17) is 9.15 Å². The van der Waals surface area contributed by atoms with E-state index in [1.165, 1.54) is 17.0 Å². The van der Waals surface area contributed by atoms with Crippen molar-refractivity contribution in [2.24, 2.45) is 0 Å². The second kappa shape index (κ2) is 8.51. The summed E-state index contributed by atoms with van der Waals surface area (Å²) < 4.78 is 11.8. The largest absolute Gasteiger partial charge is 0.465 e. The first-order valence-corrected chi connectivity index (χ1v) is 8.93. The molecule has 0 unspecified atom stereocenters. The van der Waals surface area contributed by atoms with Crippen LogP contribution < -0.4 is 5.32 Å². The van der Waals surface area contributed by atoms with Crippen LogP contribution in [0, 0.1) is 0 Å². The average Bonchev–Trinajstić information content (AvgIpc) is 3.35. The lowest BCUT2D eigenvalue weighted by molar-refractivity contribution is -0.154. The van der Waals surface area contributed by atoms with Crippen molar-refractivity contribution in [3.63, 3.8) is 0 Å². The molecule has 0 aliphatic heterocycles. The minimum atomic E-state index is -0.648. The lowest BCUT2D eigenvalue weighted by atomic mass is 10.2. The Labute approximate surface area is 167 Å². The normalized spacial score (nSPS) is 11.9. The second-order valence-electron chi connectivity index (χ2n) is 7.09. The van der Waals surface area contributed by atoms with Gasteiger partial charge in [-0.3, -0.25) is 9.59 Å². The molecule has 9 heteroatoms. The highest BCUT2D eigenvalue weighted by Crippen LogP contribution is 2.20. The van der Waals surface area contributed by atoms with Crippen LogP contribution >= 0.6 is 0 Å². The Hall–Kier alpha value is -3.75. The molecule has 29 heavy (non-hydrogen) atoms. The molecule has 3 aromatic rings. The fourth-order valence-electron chi connectivity index (χ4n) is 2.47. The Kier molecular flexibility index (Phi) is 5.87. The van der Waals surface area contributed by atoms with Crippen LogP contribution in [0.4, 0.5) is 0 Å². The molecular weight excluding hydrogens is 374 g/mol. The van der Waals surface area contributed by atoms with E-state index in [1.54, 1.807) is 32.9 Å². The summed E-state index contributed by atoms with van der Waals surface area (Å²) in [7, 11) is 0. The van der Waals surface area contributed by atoms with Gasteiger partial charge in [-0.25, -0.2) is 0 Å². The van der Waals surface area contributed by atoms with E-state index < -0.39 is 17.5 Å². The van der Waals surface area contributed by atoms with Crippen LogP contribution in [-0.2, 0) is 14.3 Å². The Morgan fingerprint density at radius 3 is 2.59 bits per heavy atom. The molecular formula is C20H21N5O4. The Balaban J connectivity index is 1.89. The number of furan rings is 1. The van der Waals surface area contributed by atoms with Crippen LogP contribution in [0.3, 0.4) is 0 Å². The van der Waals surface area contributed by atoms with Crippen molar-refractivity contribution >= 4 is 23.6 Å². The highest BCUT2D eigenvalue weighted by atomic mass is 16.6. The highest BCUT2D eigenvalue weighted by Gasteiger charge is 2.22.